The Labute approximate surface area is 120 Å². The molecule has 108 valence electrons. The lowest BCUT2D eigenvalue weighted by Gasteiger charge is -2.08. The molecule has 0 N–H and O–H groups in total. The van der Waals surface area contributed by atoms with E-state index in [0.717, 1.165) is 23.4 Å². The first-order chi connectivity index (χ1) is 9.44. The van der Waals surface area contributed by atoms with Gasteiger partial charge in [-0.25, -0.2) is 8.42 Å². The van der Waals surface area contributed by atoms with Crippen LogP contribution >= 0.6 is 0 Å². The number of nitrogens with zero attached hydrogens (tertiary/aromatic N) is 2. The van der Waals surface area contributed by atoms with Crippen molar-refractivity contribution in [3.05, 3.63) is 47.3 Å². The summed E-state index contributed by atoms with van der Waals surface area (Å²) in [5, 5.41) is 4.16. The molecule has 0 fully saturated rings. The van der Waals surface area contributed by atoms with E-state index in [2.05, 4.69) is 5.10 Å². The Kier molecular flexibility index (Phi) is 4.28. The molecule has 1 aromatic heterocycles. The van der Waals surface area contributed by atoms with Crippen molar-refractivity contribution < 1.29 is 8.42 Å². The summed E-state index contributed by atoms with van der Waals surface area (Å²) in [5.41, 5.74) is 3.07. The maximum absolute atomic E-state index is 12.4. The van der Waals surface area contributed by atoms with Gasteiger partial charge in [0, 0.05) is 24.9 Å². The Balaban J connectivity index is 2.17. The molecule has 1 aromatic carbocycles. The summed E-state index contributed by atoms with van der Waals surface area (Å²) in [7, 11) is -3.24. The minimum Gasteiger partial charge on any atom is -0.270 e. The van der Waals surface area contributed by atoms with Gasteiger partial charge in [0.05, 0.1) is 10.6 Å². The third kappa shape index (κ3) is 3.10. The molecule has 20 heavy (non-hydrogen) atoms. The summed E-state index contributed by atoms with van der Waals surface area (Å²) in [6.07, 6.45) is 2.20. The molecule has 2 rings (SSSR count). The molecule has 2 aromatic rings. The summed E-state index contributed by atoms with van der Waals surface area (Å²) < 4.78 is 26.6. The monoisotopic (exact) mass is 292 g/mol. The van der Waals surface area contributed by atoms with Gasteiger partial charge in [-0.1, -0.05) is 6.07 Å². The predicted octanol–water partition coefficient (Wildman–Crippen LogP) is 2.54. The Morgan fingerprint density at radius 1 is 1.15 bits per heavy atom. The average molecular weight is 292 g/mol. The number of sulfone groups is 1. The van der Waals surface area contributed by atoms with Gasteiger partial charge in [-0.3, -0.25) is 4.68 Å². The van der Waals surface area contributed by atoms with Gasteiger partial charge in [0.2, 0.25) is 0 Å². The molecular weight excluding hydrogens is 272 g/mol. The molecule has 0 saturated carbocycles. The van der Waals surface area contributed by atoms with E-state index in [9.17, 15) is 8.42 Å². The Morgan fingerprint density at radius 2 is 1.90 bits per heavy atom. The molecule has 0 aliphatic rings. The van der Waals surface area contributed by atoms with Crippen LogP contribution in [0.25, 0.3) is 0 Å². The van der Waals surface area contributed by atoms with Crippen LogP contribution in [0, 0.1) is 13.8 Å². The fourth-order valence-corrected chi connectivity index (χ4v) is 3.47. The van der Waals surface area contributed by atoms with Crippen molar-refractivity contribution in [3.63, 3.8) is 0 Å². The number of hydrogen-bond donors (Lipinski definition) is 0. The number of hydrogen-bond acceptors (Lipinski definition) is 3. The highest BCUT2D eigenvalue weighted by atomic mass is 32.2. The number of rotatable bonds is 5. The van der Waals surface area contributed by atoms with Gasteiger partial charge < -0.3 is 0 Å². The first-order valence-electron chi connectivity index (χ1n) is 6.74. The predicted molar refractivity (Wildman–Crippen MR) is 79.6 cm³/mol. The van der Waals surface area contributed by atoms with Crippen molar-refractivity contribution >= 4 is 9.84 Å². The van der Waals surface area contributed by atoms with Crippen molar-refractivity contribution in [1.82, 2.24) is 9.78 Å². The SMILES string of the molecule is CCn1nccc1CCS(=O)(=O)c1ccc(C)c(C)c1. The zero-order valence-electron chi connectivity index (χ0n) is 12.1. The van der Waals surface area contributed by atoms with Crippen molar-refractivity contribution in [1.29, 1.82) is 0 Å². The van der Waals surface area contributed by atoms with Crippen LogP contribution in [-0.4, -0.2) is 24.0 Å². The van der Waals surface area contributed by atoms with E-state index in [4.69, 9.17) is 0 Å². The highest BCUT2D eigenvalue weighted by Crippen LogP contribution is 2.17. The minimum absolute atomic E-state index is 0.112. The third-order valence-corrected chi connectivity index (χ3v) is 5.28. The van der Waals surface area contributed by atoms with Gasteiger partial charge in [0.15, 0.2) is 9.84 Å². The molecule has 0 radical (unpaired) electrons. The first-order valence-corrected chi connectivity index (χ1v) is 8.40. The average Bonchev–Trinajstić information content (AvgIpc) is 2.87. The van der Waals surface area contributed by atoms with Gasteiger partial charge in [-0.05, 0) is 50.1 Å². The highest BCUT2D eigenvalue weighted by molar-refractivity contribution is 7.91. The van der Waals surface area contributed by atoms with Gasteiger partial charge in [-0.2, -0.15) is 5.10 Å². The standard InChI is InChI=1S/C15H20N2O2S/c1-4-17-14(7-9-16-17)8-10-20(18,19)15-6-5-12(2)13(3)11-15/h5-7,9,11H,4,8,10H2,1-3H3. The van der Waals surface area contributed by atoms with Crippen LogP contribution in [-0.2, 0) is 22.8 Å². The van der Waals surface area contributed by atoms with Crippen molar-refractivity contribution in [2.24, 2.45) is 0 Å². The van der Waals surface area contributed by atoms with Gasteiger partial charge in [0.25, 0.3) is 0 Å². The van der Waals surface area contributed by atoms with Crippen LogP contribution in [0.1, 0.15) is 23.7 Å². The van der Waals surface area contributed by atoms with E-state index in [1.54, 1.807) is 18.3 Å². The van der Waals surface area contributed by atoms with E-state index < -0.39 is 9.84 Å². The molecule has 0 aliphatic carbocycles. The van der Waals surface area contributed by atoms with Crippen LogP contribution in [0.5, 0.6) is 0 Å². The van der Waals surface area contributed by atoms with E-state index in [-0.39, 0.29) is 5.75 Å². The van der Waals surface area contributed by atoms with Crippen molar-refractivity contribution in [2.45, 2.75) is 38.6 Å². The van der Waals surface area contributed by atoms with Crippen molar-refractivity contribution in [3.8, 4) is 0 Å². The lowest BCUT2D eigenvalue weighted by molar-refractivity contribution is 0.590. The topological polar surface area (TPSA) is 52.0 Å². The molecular formula is C15H20N2O2S. The highest BCUT2D eigenvalue weighted by Gasteiger charge is 2.16. The largest absolute Gasteiger partial charge is 0.270 e. The van der Waals surface area contributed by atoms with Crippen LogP contribution in [0.4, 0.5) is 0 Å². The molecule has 0 saturated heterocycles. The molecule has 0 unspecified atom stereocenters. The molecule has 5 heteroatoms. The van der Waals surface area contributed by atoms with Crippen LogP contribution in [0.15, 0.2) is 35.4 Å². The second kappa shape index (κ2) is 5.79. The second-order valence-electron chi connectivity index (χ2n) is 4.95. The van der Waals surface area contributed by atoms with E-state index >= 15 is 0 Å². The zero-order valence-corrected chi connectivity index (χ0v) is 12.9. The molecule has 1 heterocycles. The lowest BCUT2D eigenvalue weighted by Crippen LogP contribution is -2.12. The zero-order chi connectivity index (χ0) is 14.8. The number of benzene rings is 1. The summed E-state index contributed by atoms with van der Waals surface area (Å²) in [4.78, 5) is 0.406. The quantitative estimate of drug-likeness (QED) is 0.851. The van der Waals surface area contributed by atoms with Gasteiger partial charge in [0.1, 0.15) is 0 Å². The Bertz CT molecular complexity index is 702. The van der Waals surface area contributed by atoms with Gasteiger partial charge in [-0.15, -0.1) is 0 Å². The van der Waals surface area contributed by atoms with E-state index in [0.29, 0.717) is 11.3 Å². The fraction of sp³-hybridized carbons (Fsp3) is 0.400. The summed E-state index contributed by atoms with van der Waals surface area (Å²) in [5.74, 6) is 0.112. The Hall–Kier alpha value is -1.62. The third-order valence-electron chi connectivity index (χ3n) is 3.57. The van der Waals surface area contributed by atoms with Gasteiger partial charge >= 0.3 is 0 Å². The molecule has 4 nitrogen and oxygen atoms in total. The van der Waals surface area contributed by atoms with E-state index in [1.165, 1.54) is 0 Å². The summed E-state index contributed by atoms with van der Waals surface area (Å²) in [6, 6.07) is 7.18. The van der Waals surface area contributed by atoms with Crippen LogP contribution < -0.4 is 0 Å². The second-order valence-corrected chi connectivity index (χ2v) is 7.06. The van der Waals surface area contributed by atoms with E-state index in [1.807, 2.05) is 37.6 Å². The molecule has 0 spiro atoms. The van der Waals surface area contributed by atoms with Crippen LogP contribution in [0.2, 0.25) is 0 Å². The maximum Gasteiger partial charge on any atom is 0.178 e. The Morgan fingerprint density at radius 3 is 2.55 bits per heavy atom. The molecule has 0 amide bonds. The molecule has 0 bridgehead atoms. The maximum atomic E-state index is 12.4. The minimum atomic E-state index is -3.24. The number of aryl methyl sites for hydroxylation is 4. The lowest BCUT2D eigenvalue weighted by atomic mass is 10.1. The van der Waals surface area contributed by atoms with Crippen molar-refractivity contribution in [2.75, 3.05) is 5.75 Å². The number of aromatic nitrogens is 2. The fourth-order valence-electron chi connectivity index (χ4n) is 2.12. The first kappa shape index (κ1) is 14.8. The summed E-state index contributed by atoms with van der Waals surface area (Å²) >= 11 is 0. The summed E-state index contributed by atoms with van der Waals surface area (Å²) in [6.45, 7) is 6.66. The normalized spacial score (nSPS) is 11.8. The van der Waals surface area contributed by atoms with Crippen LogP contribution in [0.3, 0.4) is 0 Å². The molecule has 0 atom stereocenters. The molecule has 0 aliphatic heterocycles. The smallest absolute Gasteiger partial charge is 0.178 e.